The normalized spacial score (nSPS) is 21.2. The van der Waals surface area contributed by atoms with Gasteiger partial charge in [-0.15, -0.1) is 0 Å². The van der Waals surface area contributed by atoms with Crippen LogP contribution in [0.2, 0.25) is 0 Å². The second kappa shape index (κ2) is 9.49. The van der Waals surface area contributed by atoms with Crippen LogP contribution in [0.1, 0.15) is 54.9 Å². The maximum Gasteiger partial charge on any atom is 0.247 e. The number of hydrogen-bond donors (Lipinski definition) is 1. The maximum absolute atomic E-state index is 13.7. The van der Waals surface area contributed by atoms with Gasteiger partial charge >= 0.3 is 0 Å². The van der Waals surface area contributed by atoms with E-state index >= 15 is 0 Å². The van der Waals surface area contributed by atoms with Crippen molar-refractivity contribution >= 4 is 15.8 Å². The van der Waals surface area contributed by atoms with Crippen LogP contribution in [-0.2, 0) is 23.0 Å². The quantitative estimate of drug-likeness (QED) is 0.708. The van der Waals surface area contributed by atoms with Crippen molar-refractivity contribution in [1.29, 1.82) is 0 Å². The Morgan fingerprint density at radius 1 is 1.22 bits per heavy atom. The molecule has 2 aliphatic heterocycles. The van der Waals surface area contributed by atoms with E-state index in [1.807, 2.05) is 6.92 Å². The van der Waals surface area contributed by atoms with Gasteiger partial charge in [0.25, 0.3) is 0 Å². The molecule has 0 saturated carbocycles. The first-order valence-corrected chi connectivity index (χ1v) is 13.2. The fraction of sp³-hybridized carbons (Fsp3) is 0.560. The third-order valence-corrected chi connectivity index (χ3v) is 8.87. The Morgan fingerprint density at radius 3 is 2.81 bits per heavy atom. The predicted octanol–water partition coefficient (Wildman–Crippen LogP) is 4.12. The second-order valence-corrected chi connectivity index (χ2v) is 11.5. The number of aromatic nitrogens is 1. The summed E-state index contributed by atoms with van der Waals surface area (Å²) >= 11 is 0. The lowest BCUT2D eigenvalue weighted by atomic mass is 9.97. The highest BCUT2D eigenvalue weighted by Crippen LogP contribution is 2.31. The molecule has 0 spiro atoms. The number of hydrogen-bond acceptors (Lipinski definition) is 5. The Hall–Kier alpha value is -1.96. The largest absolute Gasteiger partial charge is 0.366 e. The number of nitrogens with zero attached hydrogens (tertiary/aromatic N) is 3. The number of benzene rings is 1. The number of piperidine rings is 1. The zero-order chi connectivity index (χ0) is 22.9. The average Bonchev–Trinajstić information content (AvgIpc) is 2.76. The first-order valence-electron chi connectivity index (χ1n) is 11.8. The number of pyridine rings is 1. The van der Waals surface area contributed by atoms with Crippen molar-refractivity contribution in [2.75, 3.05) is 25.5 Å². The highest BCUT2D eigenvalue weighted by Gasteiger charge is 2.32. The standard InChI is InChI=1S/C25H36N4O2S/c1-18-14-24(25(26-16-18)27-20(3)15-22-10-5-6-12-28(22)4)32(30,31)29-13-11-21-9-7-8-19(2)23(21)17-29/h7-9,14,16,20,22H,5-6,10-13,15,17H2,1-4H3,(H,26,27). The van der Waals surface area contributed by atoms with E-state index in [1.54, 1.807) is 16.6 Å². The molecule has 2 aromatic rings. The predicted molar refractivity (Wildman–Crippen MR) is 129 cm³/mol. The lowest BCUT2D eigenvalue weighted by Crippen LogP contribution is -2.40. The lowest BCUT2D eigenvalue weighted by Gasteiger charge is -2.34. The van der Waals surface area contributed by atoms with Gasteiger partial charge in [-0.1, -0.05) is 24.6 Å². The van der Waals surface area contributed by atoms with Gasteiger partial charge < -0.3 is 10.2 Å². The summed E-state index contributed by atoms with van der Waals surface area (Å²) in [6.07, 6.45) is 7.18. The van der Waals surface area contributed by atoms with Gasteiger partial charge in [-0.25, -0.2) is 13.4 Å². The molecule has 0 aliphatic carbocycles. The van der Waals surface area contributed by atoms with Gasteiger partial charge in [-0.2, -0.15) is 4.31 Å². The van der Waals surface area contributed by atoms with Crippen LogP contribution in [0.5, 0.6) is 0 Å². The van der Waals surface area contributed by atoms with Gasteiger partial charge in [0.1, 0.15) is 10.7 Å². The zero-order valence-electron chi connectivity index (χ0n) is 19.8. The molecule has 1 saturated heterocycles. The van der Waals surface area contributed by atoms with E-state index in [0.717, 1.165) is 36.1 Å². The smallest absolute Gasteiger partial charge is 0.247 e. The zero-order valence-corrected chi connectivity index (χ0v) is 20.6. The fourth-order valence-corrected chi connectivity index (χ4v) is 6.66. The molecule has 0 bridgehead atoms. The molecule has 2 unspecified atom stereocenters. The Balaban J connectivity index is 1.56. The topological polar surface area (TPSA) is 65.5 Å². The van der Waals surface area contributed by atoms with Crippen molar-refractivity contribution in [3.05, 3.63) is 52.7 Å². The number of likely N-dealkylation sites (tertiary alicyclic amines) is 1. The molecule has 32 heavy (non-hydrogen) atoms. The van der Waals surface area contributed by atoms with Crippen molar-refractivity contribution in [3.8, 4) is 0 Å². The summed E-state index contributed by atoms with van der Waals surface area (Å²) in [5.41, 5.74) is 4.38. The summed E-state index contributed by atoms with van der Waals surface area (Å²) in [5, 5.41) is 3.44. The summed E-state index contributed by atoms with van der Waals surface area (Å²) in [6, 6.07) is 8.64. The average molecular weight is 457 g/mol. The molecule has 0 amide bonds. The van der Waals surface area contributed by atoms with Crippen LogP contribution >= 0.6 is 0 Å². The Labute approximate surface area is 193 Å². The molecule has 1 aromatic heterocycles. The molecular formula is C25H36N4O2S. The van der Waals surface area contributed by atoms with Gasteiger partial charge in [0.2, 0.25) is 10.0 Å². The first-order chi connectivity index (χ1) is 15.3. The number of anilines is 1. The van der Waals surface area contributed by atoms with E-state index in [2.05, 4.69) is 54.3 Å². The number of fused-ring (bicyclic) bond motifs is 1. The van der Waals surface area contributed by atoms with Gasteiger partial charge in [0.15, 0.2) is 0 Å². The van der Waals surface area contributed by atoms with Gasteiger partial charge in [0.05, 0.1) is 0 Å². The second-order valence-electron chi connectivity index (χ2n) is 9.57. The summed E-state index contributed by atoms with van der Waals surface area (Å²) in [5.74, 6) is 0.470. The molecule has 3 heterocycles. The van der Waals surface area contributed by atoms with Crippen LogP contribution < -0.4 is 5.32 Å². The number of aryl methyl sites for hydroxylation is 2. The minimum absolute atomic E-state index is 0.133. The van der Waals surface area contributed by atoms with Gasteiger partial charge in [-0.3, -0.25) is 0 Å². The molecule has 1 aromatic carbocycles. The van der Waals surface area contributed by atoms with Crippen molar-refractivity contribution in [3.63, 3.8) is 0 Å². The molecule has 1 N–H and O–H groups in total. The number of rotatable bonds is 6. The van der Waals surface area contributed by atoms with Crippen LogP contribution in [0.15, 0.2) is 35.4 Å². The van der Waals surface area contributed by atoms with Crippen molar-refractivity contribution < 1.29 is 8.42 Å². The molecule has 174 valence electrons. The molecule has 1 fully saturated rings. The number of nitrogens with one attached hydrogen (secondary N) is 1. The summed E-state index contributed by atoms with van der Waals surface area (Å²) < 4.78 is 29.1. The van der Waals surface area contributed by atoms with E-state index in [9.17, 15) is 8.42 Å². The monoisotopic (exact) mass is 456 g/mol. The minimum Gasteiger partial charge on any atom is -0.366 e. The molecule has 4 rings (SSSR count). The van der Waals surface area contributed by atoms with Crippen LogP contribution in [0.3, 0.4) is 0 Å². The maximum atomic E-state index is 13.7. The van der Waals surface area contributed by atoms with Crippen LogP contribution in [0.4, 0.5) is 5.82 Å². The van der Waals surface area contributed by atoms with Crippen LogP contribution in [-0.4, -0.2) is 54.8 Å². The molecule has 2 atom stereocenters. The Kier molecular flexibility index (Phi) is 6.89. The van der Waals surface area contributed by atoms with Crippen LogP contribution in [0.25, 0.3) is 0 Å². The van der Waals surface area contributed by atoms with Crippen LogP contribution in [0, 0.1) is 13.8 Å². The van der Waals surface area contributed by atoms with E-state index < -0.39 is 10.0 Å². The fourth-order valence-electron chi connectivity index (χ4n) is 5.06. The van der Waals surface area contributed by atoms with E-state index in [0.29, 0.717) is 29.8 Å². The van der Waals surface area contributed by atoms with Crippen molar-refractivity contribution in [1.82, 2.24) is 14.2 Å². The summed E-state index contributed by atoms with van der Waals surface area (Å²) in [4.78, 5) is 7.24. The third kappa shape index (κ3) is 4.85. The molecule has 7 heteroatoms. The lowest BCUT2D eigenvalue weighted by molar-refractivity contribution is 0.172. The molecular weight excluding hydrogens is 420 g/mol. The first kappa shape index (κ1) is 23.2. The molecule has 2 aliphatic rings. The van der Waals surface area contributed by atoms with E-state index in [4.69, 9.17) is 0 Å². The van der Waals surface area contributed by atoms with Crippen molar-refractivity contribution in [2.45, 2.75) is 76.4 Å². The highest BCUT2D eigenvalue weighted by atomic mass is 32.2. The van der Waals surface area contributed by atoms with Gasteiger partial charge in [0, 0.05) is 31.4 Å². The van der Waals surface area contributed by atoms with E-state index in [1.165, 1.54) is 24.8 Å². The Bertz CT molecular complexity index is 1070. The number of sulfonamides is 1. The highest BCUT2D eigenvalue weighted by molar-refractivity contribution is 7.89. The SMILES string of the molecule is Cc1cnc(NC(C)CC2CCCCN2C)c(S(=O)(=O)N2CCc3cccc(C)c3C2)c1. The minimum atomic E-state index is -3.67. The molecule has 0 radical (unpaired) electrons. The third-order valence-electron chi connectivity index (χ3n) is 7.01. The molecule has 6 nitrogen and oxygen atoms in total. The summed E-state index contributed by atoms with van der Waals surface area (Å²) in [7, 11) is -1.48. The van der Waals surface area contributed by atoms with Crippen molar-refractivity contribution in [2.24, 2.45) is 0 Å². The van der Waals surface area contributed by atoms with Gasteiger partial charge in [-0.05, 0) is 88.4 Å². The summed E-state index contributed by atoms with van der Waals surface area (Å²) in [6.45, 7) is 8.12. The Morgan fingerprint density at radius 2 is 2.03 bits per heavy atom. The van der Waals surface area contributed by atoms with E-state index in [-0.39, 0.29) is 6.04 Å².